The van der Waals surface area contributed by atoms with Crippen molar-refractivity contribution in [3.8, 4) is 17.6 Å². The Labute approximate surface area is 184 Å². The molecule has 0 bridgehead atoms. The molecule has 30 heavy (non-hydrogen) atoms. The first-order valence-corrected chi connectivity index (χ1v) is 10.1. The van der Waals surface area contributed by atoms with E-state index >= 15 is 0 Å². The maximum absolute atomic E-state index is 14.2. The molecule has 156 valence electrons. The van der Waals surface area contributed by atoms with Gasteiger partial charge >= 0.3 is 5.97 Å². The first-order valence-electron chi connectivity index (χ1n) is 9.37. The molecule has 0 spiro atoms. The summed E-state index contributed by atoms with van der Waals surface area (Å²) in [5.74, 6) is -1.04. The van der Waals surface area contributed by atoms with Crippen LogP contribution in [0.15, 0.2) is 59.1 Å². The van der Waals surface area contributed by atoms with E-state index in [0.29, 0.717) is 17.7 Å². The summed E-state index contributed by atoms with van der Waals surface area (Å²) in [5, 5.41) is 9.55. The van der Waals surface area contributed by atoms with Gasteiger partial charge in [0.2, 0.25) is 6.10 Å². The molecule has 4 nitrogen and oxygen atoms in total. The molecule has 0 saturated heterocycles. The van der Waals surface area contributed by atoms with Crippen LogP contribution in [0.3, 0.4) is 0 Å². The molecule has 2 aromatic carbocycles. The van der Waals surface area contributed by atoms with E-state index in [-0.39, 0.29) is 16.2 Å². The van der Waals surface area contributed by atoms with Crippen molar-refractivity contribution in [3.05, 3.63) is 70.5 Å². The van der Waals surface area contributed by atoms with Crippen LogP contribution in [0.1, 0.15) is 31.9 Å². The van der Waals surface area contributed by atoms with Crippen molar-refractivity contribution in [2.75, 3.05) is 0 Å². The second-order valence-corrected chi connectivity index (χ2v) is 8.73. The summed E-state index contributed by atoms with van der Waals surface area (Å²) < 4.78 is 25.4. The fraction of sp³-hybridized carbons (Fsp3) is 0.304. The Morgan fingerprint density at radius 2 is 1.97 bits per heavy atom. The molecule has 1 fully saturated rings. The number of nitrogens with zero attached hydrogens (tertiary/aromatic N) is 1. The standard InChI is InChI=1S/C23H20Cl2FNO3/c1-23(2)15(12-21(24)25)11-17(23)22(28)30-20(13-27)14-8-9-18(26)19(10-14)29-16-6-4-3-5-7-16/h3-10,12,15,17,20H,11H2,1-2H3/t15-,17+,20?/m0/s1. The number of para-hydroxylation sites is 1. The molecule has 0 radical (unpaired) electrons. The fourth-order valence-corrected chi connectivity index (χ4v) is 3.84. The molecule has 7 heteroatoms. The van der Waals surface area contributed by atoms with Crippen LogP contribution in [0, 0.1) is 34.4 Å². The summed E-state index contributed by atoms with van der Waals surface area (Å²) in [7, 11) is 0. The lowest BCUT2D eigenvalue weighted by molar-refractivity contribution is -0.166. The first kappa shape index (κ1) is 22.1. The lowest BCUT2D eigenvalue weighted by Crippen LogP contribution is -2.48. The van der Waals surface area contributed by atoms with Crippen LogP contribution in [0.4, 0.5) is 4.39 Å². The van der Waals surface area contributed by atoms with Gasteiger partial charge in [-0.2, -0.15) is 5.26 Å². The molecule has 0 heterocycles. The van der Waals surface area contributed by atoms with Crippen molar-refractivity contribution in [1.29, 1.82) is 5.26 Å². The summed E-state index contributed by atoms with van der Waals surface area (Å²) in [6.07, 6.45) is 1.05. The molecule has 0 aliphatic heterocycles. The highest BCUT2D eigenvalue weighted by Crippen LogP contribution is 2.53. The molecule has 1 aliphatic rings. The fourth-order valence-electron chi connectivity index (χ4n) is 3.54. The Bertz CT molecular complexity index is 997. The Morgan fingerprint density at radius 1 is 1.27 bits per heavy atom. The molecule has 0 aromatic heterocycles. The van der Waals surface area contributed by atoms with E-state index in [0.717, 1.165) is 0 Å². The van der Waals surface area contributed by atoms with E-state index in [1.807, 2.05) is 26.0 Å². The van der Waals surface area contributed by atoms with Gasteiger partial charge in [0.15, 0.2) is 11.6 Å². The first-order chi connectivity index (χ1) is 14.2. The van der Waals surface area contributed by atoms with Crippen LogP contribution >= 0.6 is 23.2 Å². The van der Waals surface area contributed by atoms with Crippen LogP contribution in [-0.2, 0) is 9.53 Å². The van der Waals surface area contributed by atoms with Gasteiger partial charge in [-0.1, -0.05) is 67.4 Å². The number of esters is 1. The number of carbonyl (C=O) groups is 1. The van der Waals surface area contributed by atoms with Gasteiger partial charge in [0, 0.05) is 5.56 Å². The number of rotatable bonds is 6. The molecule has 0 N–H and O–H groups in total. The molecule has 0 amide bonds. The van der Waals surface area contributed by atoms with E-state index in [1.54, 1.807) is 30.3 Å². The predicted octanol–water partition coefficient (Wildman–Crippen LogP) is 6.71. The van der Waals surface area contributed by atoms with Crippen LogP contribution in [0.5, 0.6) is 11.5 Å². The smallest absolute Gasteiger partial charge is 0.311 e. The van der Waals surface area contributed by atoms with Gasteiger partial charge in [-0.25, -0.2) is 4.39 Å². The van der Waals surface area contributed by atoms with Gasteiger partial charge in [0.25, 0.3) is 0 Å². The van der Waals surface area contributed by atoms with Crippen molar-refractivity contribution < 1.29 is 18.7 Å². The largest absolute Gasteiger partial charge is 0.454 e. The number of hydrogen-bond donors (Lipinski definition) is 0. The Hall–Kier alpha value is -2.55. The number of carbonyl (C=O) groups excluding carboxylic acids is 1. The van der Waals surface area contributed by atoms with E-state index < -0.39 is 29.2 Å². The summed E-state index contributed by atoms with van der Waals surface area (Å²) in [4.78, 5) is 12.7. The van der Waals surface area contributed by atoms with Crippen LogP contribution in [0.2, 0.25) is 0 Å². The lowest BCUT2D eigenvalue weighted by atomic mass is 9.55. The summed E-state index contributed by atoms with van der Waals surface area (Å²) in [5.41, 5.74) is -0.0770. The number of nitriles is 1. The average Bonchev–Trinajstić information content (AvgIpc) is 2.71. The molecule has 1 aliphatic carbocycles. The van der Waals surface area contributed by atoms with Gasteiger partial charge in [0.1, 0.15) is 16.3 Å². The van der Waals surface area contributed by atoms with E-state index in [2.05, 4.69) is 0 Å². The minimum Gasteiger partial charge on any atom is -0.454 e. The van der Waals surface area contributed by atoms with E-state index in [9.17, 15) is 14.4 Å². The monoisotopic (exact) mass is 447 g/mol. The predicted molar refractivity (Wildman–Crippen MR) is 113 cm³/mol. The van der Waals surface area contributed by atoms with Crippen LogP contribution in [0.25, 0.3) is 0 Å². The van der Waals surface area contributed by atoms with Crippen LogP contribution in [-0.4, -0.2) is 5.97 Å². The zero-order valence-corrected chi connectivity index (χ0v) is 18.0. The van der Waals surface area contributed by atoms with Crippen molar-refractivity contribution in [2.24, 2.45) is 17.3 Å². The summed E-state index contributed by atoms with van der Waals surface area (Å²) in [6, 6.07) is 14.6. The molecular weight excluding hydrogens is 428 g/mol. The maximum atomic E-state index is 14.2. The molecule has 3 rings (SSSR count). The van der Waals surface area contributed by atoms with Gasteiger partial charge in [-0.05, 0) is 42.0 Å². The molecule has 3 atom stereocenters. The zero-order valence-electron chi connectivity index (χ0n) is 16.4. The molecule has 1 unspecified atom stereocenters. The minimum absolute atomic E-state index is 0.0391. The van der Waals surface area contributed by atoms with Crippen LogP contribution < -0.4 is 4.74 Å². The number of benzene rings is 2. The maximum Gasteiger partial charge on any atom is 0.311 e. The number of allylic oxidation sites excluding steroid dienone is 1. The highest BCUT2D eigenvalue weighted by atomic mass is 35.5. The highest BCUT2D eigenvalue weighted by molar-refractivity contribution is 6.55. The van der Waals surface area contributed by atoms with Gasteiger partial charge in [0.05, 0.1) is 5.92 Å². The third-order valence-electron chi connectivity index (χ3n) is 5.54. The topological polar surface area (TPSA) is 59.3 Å². The summed E-state index contributed by atoms with van der Waals surface area (Å²) in [6.45, 7) is 3.84. The molecule has 1 saturated carbocycles. The van der Waals surface area contributed by atoms with E-state index in [1.165, 1.54) is 18.2 Å². The number of ether oxygens (including phenoxy) is 2. The van der Waals surface area contributed by atoms with Crippen molar-refractivity contribution in [2.45, 2.75) is 26.4 Å². The quantitative estimate of drug-likeness (QED) is 0.461. The Morgan fingerprint density at radius 3 is 2.57 bits per heavy atom. The van der Waals surface area contributed by atoms with Gasteiger partial charge in [-0.15, -0.1) is 0 Å². The van der Waals surface area contributed by atoms with Crippen molar-refractivity contribution in [1.82, 2.24) is 0 Å². The highest BCUT2D eigenvalue weighted by Gasteiger charge is 2.52. The SMILES string of the molecule is CC1(C)[C@H](C=C(Cl)Cl)C[C@@H]1C(=O)OC(C#N)c1ccc(F)c(Oc2ccccc2)c1. The number of halogens is 3. The second kappa shape index (κ2) is 9.07. The Kier molecular flexibility index (Phi) is 6.70. The third-order valence-corrected chi connectivity index (χ3v) is 5.79. The molecule has 2 aromatic rings. The molecular formula is C23H20Cl2FNO3. The van der Waals surface area contributed by atoms with Gasteiger partial charge in [-0.3, -0.25) is 4.79 Å². The normalized spacial score (nSPS) is 20.3. The Balaban J connectivity index is 1.74. The second-order valence-electron chi connectivity index (χ2n) is 7.72. The lowest BCUT2D eigenvalue weighted by Gasteiger charge is -2.49. The summed E-state index contributed by atoms with van der Waals surface area (Å²) >= 11 is 11.5. The average molecular weight is 448 g/mol. The zero-order chi connectivity index (χ0) is 21.9. The third kappa shape index (κ3) is 4.77. The number of hydrogen-bond acceptors (Lipinski definition) is 4. The van der Waals surface area contributed by atoms with Crippen molar-refractivity contribution in [3.63, 3.8) is 0 Å². The van der Waals surface area contributed by atoms with Gasteiger partial charge < -0.3 is 9.47 Å². The van der Waals surface area contributed by atoms with Crippen molar-refractivity contribution >= 4 is 29.2 Å². The van der Waals surface area contributed by atoms with E-state index in [4.69, 9.17) is 32.7 Å². The minimum atomic E-state index is -1.18.